The molecule has 2 aromatic rings. The smallest absolute Gasteiger partial charge is 0.147 e. The van der Waals surface area contributed by atoms with Crippen LogP contribution in [0.5, 0.6) is 5.75 Å². The number of ether oxygens (including phenoxy) is 1. The summed E-state index contributed by atoms with van der Waals surface area (Å²) in [6.45, 7) is 0.113. The van der Waals surface area contributed by atoms with Crippen LogP contribution >= 0.6 is 0 Å². The van der Waals surface area contributed by atoms with Crippen LogP contribution in [0.3, 0.4) is 0 Å². The molecule has 0 N–H and O–H groups in total. The van der Waals surface area contributed by atoms with E-state index in [9.17, 15) is 4.39 Å². The van der Waals surface area contributed by atoms with Gasteiger partial charge in [-0.05, 0) is 18.2 Å². The lowest BCUT2D eigenvalue weighted by molar-refractivity contribution is 0.303. The Kier molecular flexibility index (Phi) is 3.70. The van der Waals surface area contributed by atoms with Crippen molar-refractivity contribution in [3.05, 3.63) is 59.2 Å². The Balaban J connectivity index is 2.13. The first kappa shape index (κ1) is 12.5. The van der Waals surface area contributed by atoms with Crippen LogP contribution in [0.1, 0.15) is 16.8 Å². The molecule has 0 spiro atoms. The van der Waals surface area contributed by atoms with E-state index in [0.29, 0.717) is 11.3 Å². The molecular formula is C14H8FN3O. The number of halogens is 1. The second kappa shape index (κ2) is 5.61. The minimum absolute atomic E-state index is 0.0357. The van der Waals surface area contributed by atoms with Gasteiger partial charge in [-0.15, -0.1) is 0 Å². The number of hydrogen-bond acceptors (Lipinski definition) is 4. The molecular weight excluding hydrogens is 245 g/mol. The Hall–Kier alpha value is -2.92. The van der Waals surface area contributed by atoms with E-state index in [-0.39, 0.29) is 17.9 Å². The maximum atomic E-state index is 13.4. The normalized spacial score (nSPS) is 9.42. The fraction of sp³-hybridized carbons (Fsp3) is 0.0714. The van der Waals surface area contributed by atoms with Crippen molar-refractivity contribution in [2.24, 2.45) is 0 Å². The number of benzene rings is 1. The molecule has 1 heterocycles. The van der Waals surface area contributed by atoms with Gasteiger partial charge >= 0.3 is 0 Å². The van der Waals surface area contributed by atoms with Crippen LogP contribution in [-0.4, -0.2) is 4.98 Å². The summed E-state index contributed by atoms with van der Waals surface area (Å²) in [6, 6.07) is 11.1. The van der Waals surface area contributed by atoms with E-state index < -0.39 is 5.82 Å². The van der Waals surface area contributed by atoms with Crippen molar-refractivity contribution in [3.63, 3.8) is 0 Å². The van der Waals surface area contributed by atoms with Gasteiger partial charge in [0.05, 0.1) is 5.56 Å². The summed E-state index contributed by atoms with van der Waals surface area (Å²) in [5, 5.41) is 17.5. The van der Waals surface area contributed by atoms with Crippen molar-refractivity contribution in [1.29, 1.82) is 10.5 Å². The van der Waals surface area contributed by atoms with Gasteiger partial charge in [0.1, 0.15) is 36.0 Å². The Labute approximate surface area is 109 Å². The third kappa shape index (κ3) is 2.85. The van der Waals surface area contributed by atoms with E-state index in [1.54, 1.807) is 18.2 Å². The number of nitriles is 2. The zero-order chi connectivity index (χ0) is 13.7. The molecule has 0 saturated heterocycles. The molecule has 0 bridgehead atoms. The van der Waals surface area contributed by atoms with Gasteiger partial charge in [-0.1, -0.05) is 6.07 Å². The predicted molar refractivity (Wildman–Crippen MR) is 64.4 cm³/mol. The van der Waals surface area contributed by atoms with Crippen LogP contribution in [0.4, 0.5) is 4.39 Å². The predicted octanol–water partition coefficient (Wildman–Crippen LogP) is 2.54. The molecule has 4 nitrogen and oxygen atoms in total. The average Bonchev–Trinajstić information content (AvgIpc) is 2.45. The maximum absolute atomic E-state index is 13.4. The van der Waals surface area contributed by atoms with Gasteiger partial charge in [-0.2, -0.15) is 10.5 Å². The third-order valence-electron chi connectivity index (χ3n) is 2.45. The quantitative estimate of drug-likeness (QED) is 0.842. The largest absolute Gasteiger partial charge is 0.489 e. The lowest BCUT2D eigenvalue weighted by Gasteiger charge is -2.07. The molecule has 0 aliphatic carbocycles. The first-order valence-electron chi connectivity index (χ1n) is 5.41. The SMILES string of the molecule is N#Cc1ccc(OCc2cccnc2C#N)cc1F. The highest BCUT2D eigenvalue weighted by Crippen LogP contribution is 2.17. The first-order chi connectivity index (χ1) is 9.24. The summed E-state index contributed by atoms with van der Waals surface area (Å²) in [4.78, 5) is 3.90. The van der Waals surface area contributed by atoms with Gasteiger partial charge < -0.3 is 4.74 Å². The Morgan fingerprint density at radius 1 is 1.21 bits per heavy atom. The van der Waals surface area contributed by atoms with Crippen LogP contribution in [0.2, 0.25) is 0 Å². The zero-order valence-corrected chi connectivity index (χ0v) is 9.80. The van der Waals surface area contributed by atoms with E-state index in [1.807, 2.05) is 6.07 Å². The fourth-order valence-corrected chi connectivity index (χ4v) is 1.49. The number of hydrogen-bond donors (Lipinski definition) is 0. The Bertz CT molecular complexity index is 686. The number of pyridine rings is 1. The molecule has 0 unspecified atom stereocenters. The van der Waals surface area contributed by atoms with Gasteiger partial charge in [-0.3, -0.25) is 0 Å². The van der Waals surface area contributed by atoms with E-state index in [4.69, 9.17) is 15.3 Å². The van der Waals surface area contributed by atoms with Gasteiger partial charge in [0.15, 0.2) is 0 Å². The number of rotatable bonds is 3. The van der Waals surface area contributed by atoms with Crippen LogP contribution in [0.25, 0.3) is 0 Å². The molecule has 0 aliphatic heterocycles. The van der Waals surface area contributed by atoms with Gasteiger partial charge in [0.2, 0.25) is 0 Å². The second-order valence-corrected chi connectivity index (χ2v) is 3.67. The van der Waals surface area contributed by atoms with Gasteiger partial charge in [-0.25, -0.2) is 9.37 Å². The van der Waals surface area contributed by atoms with Crippen molar-refractivity contribution in [2.75, 3.05) is 0 Å². The van der Waals surface area contributed by atoms with Gasteiger partial charge in [0.25, 0.3) is 0 Å². The number of aromatic nitrogens is 1. The second-order valence-electron chi connectivity index (χ2n) is 3.67. The van der Waals surface area contributed by atoms with Crippen molar-refractivity contribution in [1.82, 2.24) is 4.98 Å². The van der Waals surface area contributed by atoms with Crippen molar-refractivity contribution in [2.45, 2.75) is 6.61 Å². The summed E-state index contributed by atoms with van der Waals surface area (Å²) >= 11 is 0. The molecule has 1 aromatic carbocycles. The minimum Gasteiger partial charge on any atom is -0.489 e. The molecule has 92 valence electrons. The van der Waals surface area contributed by atoms with Crippen LogP contribution in [0, 0.1) is 28.5 Å². The summed E-state index contributed by atoms with van der Waals surface area (Å²) in [5.41, 5.74) is 0.859. The molecule has 0 aliphatic rings. The highest BCUT2D eigenvalue weighted by molar-refractivity contribution is 5.36. The van der Waals surface area contributed by atoms with Crippen LogP contribution in [0.15, 0.2) is 36.5 Å². The fourth-order valence-electron chi connectivity index (χ4n) is 1.49. The molecule has 0 saturated carbocycles. The molecule has 1 aromatic heterocycles. The van der Waals surface area contributed by atoms with E-state index in [1.165, 1.54) is 18.3 Å². The average molecular weight is 253 g/mol. The highest BCUT2D eigenvalue weighted by atomic mass is 19.1. The summed E-state index contributed by atoms with van der Waals surface area (Å²) < 4.78 is 18.7. The third-order valence-corrected chi connectivity index (χ3v) is 2.45. The van der Waals surface area contributed by atoms with Gasteiger partial charge in [0, 0.05) is 17.8 Å². The van der Waals surface area contributed by atoms with E-state index >= 15 is 0 Å². The van der Waals surface area contributed by atoms with E-state index in [2.05, 4.69) is 4.98 Å². The lowest BCUT2D eigenvalue weighted by Crippen LogP contribution is -2.00. The number of nitrogens with zero attached hydrogens (tertiary/aromatic N) is 3. The lowest BCUT2D eigenvalue weighted by atomic mass is 10.2. The Morgan fingerprint density at radius 3 is 2.74 bits per heavy atom. The topological polar surface area (TPSA) is 69.7 Å². The van der Waals surface area contributed by atoms with Crippen molar-refractivity contribution < 1.29 is 9.13 Å². The Morgan fingerprint density at radius 2 is 2.05 bits per heavy atom. The monoisotopic (exact) mass is 253 g/mol. The summed E-state index contributed by atoms with van der Waals surface area (Å²) in [6.07, 6.45) is 1.52. The minimum atomic E-state index is -0.633. The van der Waals surface area contributed by atoms with Crippen LogP contribution < -0.4 is 4.74 Å². The molecule has 2 rings (SSSR count). The first-order valence-corrected chi connectivity index (χ1v) is 5.41. The zero-order valence-electron chi connectivity index (χ0n) is 9.80. The van der Waals surface area contributed by atoms with Crippen molar-refractivity contribution in [3.8, 4) is 17.9 Å². The molecule has 5 heteroatoms. The van der Waals surface area contributed by atoms with Crippen molar-refractivity contribution >= 4 is 0 Å². The maximum Gasteiger partial charge on any atom is 0.147 e. The molecule has 0 fully saturated rings. The molecule has 0 radical (unpaired) electrons. The molecule has 19 heavy (non-hydrogen) atoms. The molecule has 0 amide bonds. The van der Waals surface area contributed by atoms with Crippen LogP contribution in [-0.2, 0) is 6.61 Å². The molecule has 0 atom stereocenters. The summed E-state index contributed by atoms with van der Waals surface area (Å²) in [5.74, 6) is -0.337. The van der Waals surface area contributed by atoms with E-state index in [0.717, 1.165) is 6.07 Å². The summed E-state index contributed by atoms with van der Waals surface area (Å²) in [7, 11) is 0. The highest BCUT2D eigenvalue weighted by Gasteiger charge is 2.06. The standard InChI is InChI=1S/C14H8FN3O/c15-13-6-12(4-3-10(13)7-16)19-9-11-2-1-5-18-14(11)8-17/h1-6H,9H2.